The van der Waals surface area contributed by atoms with Crippen molar-refractivity contribution in [1.29, 1.82) is 0 Å². The minimum atomic E-state index is -1.24. The maximum atomic E-state index is 14.9. The lowest BCUT2D eigenvalue weighted by Crippen LogP contribution is -2.57. The molecule has 59 heavy (non-hydrogen) atoms. The zero-order chi connectivity index (χ0) is 42.3. The lowest BCUT2D eigenvalue weighted by atomic mass is 9.85. The van der Waals surface area contributed by atoms with Crippen LogP contribution in [0.2, 0.25) is 0 Å². The fraction of sp³-hybridized carbons (Fsp3) is 0.463. The first-order valence-electron chi connectivity index (χ1n) is 19.4. The summed E-state index contributed by atoms with van der Waals surface area (Å²) in [6, 6.07) is 8.16. The van der Waals surface area contributed by atoms with Crippen molar-refractivity contribution < 1.29 is 42.5 Å². The number of aromatic nitrogens is 2. The second-order valence-corrected chi connectivity index (χ2v) is 17.2. The first kappa shape index (κ1) is 43.5. The number of aryl methyl sites for hydroxylation is 1. The number of rotatable bonds is 15. The molecule has 2 aromatic carbocycles. The lowest BCUT2D eigenvalue weighted by Gasteiger charge is -2.35. The van der Waals surface area contributed by atoms with Crippen molar-refractivity contribution in [3.8, 4) is 27.4 Å². The Morgan fingerprint density at radius 3 is 2.47 bits per heavy atom. The third-order valence-corrected chi connectivity index (χ3v) is 11.9. The quantitative estimate of drug-likeness (QED) is 0.125. The van der Waals surface area contributed by atoms with E-state index in [4.69, 9.17) is 9.47 Å². The maximum Gasteiger partial charge on any atom is 0.257 e. The Hall–Kier alpha value is -5.04. The van der Waals surface area contributed by atoms with Crippen LogP contribution < -0.4 is 25.6 Å². The number of β-amino-alcohol motifs (C(OH)–C–C–N with tert-alkyl or cyclic N) is 1. The van der Waals surface area contributed by atoms with E-state index in [1.54, 1.807) is 43.0 Å². The van der Waals surface area contributed by atoms with E-state index in [-0.39, 0.29) is 44.5 Å². The Morgan fingerprint density at radius 2 is 1.78 bits per heavy atom. The molecule has 2 saturated heterocycles. The predicted molar refractivity (Wildman–Crippen MR) is 220 cm³/mol. The van der Waals surface area contributed by atoms with Gasteiger partial charge in [-0.3, -0.25) is 19.2 Å². The molecule has 0 saturated carbocycles. The molecule has 0 aliphatic carbocycles. The van der Waals surface area contributed by atoms with Crippen molar-refractivity contribution in [3.63, 3.8) is 0 Å². The minimum Gasteiger partial charge on any atom is -0.480 e. The highest BCUT2D eigenvalue weighted by molar-refractivity contribution is 7.14. The summed E-state index contributed by atoms with van der Waals surface area (Å²) in [5.74, 6) is -4.78. The Labute approximate surface area is 349 Å². The number of halogens is 2. The summed E-state index contributed by atoms with van der Waals surface area (Å²) in [6.45, 7) is 9.37. The van der Waals surface area contributed by atoms with Crippen LogP contribution in [0.3, 0.4) is 0 Å². The highest BCUT2D eigenvalue weighted by Gasteiger charge is 2.44. The molecule has 6 rings (SSSR count). The Bertz CT molecular complexity index is 2120. The zero-order valence-electron chi connectivity index (χ0n) is 33.4. The molecule has 0 spiro atoms. The van der Waals surface area contributed by atoms with Crippen LogP contribution in [0, 0.1) is 24.0 Å². The van der Waals surface area contributed by atoms with Crippen molar-refractivity contribution in [1.82, 2.24) is 30.8 Å². The number of aliphatic hydroxyl groups is 1. The Balaban J connectivity index is 0.975. The van der Waals surface area contributed by atoms with E-state index in [1.807, 2.05) is 36.1 Å². The fourth-order valence-corrected chi connectivity index (χ4v) is 8.53. The molecule has 0 bridgehead atoms. The summed E-state index contributed by atoms with van der Waals surface area (Å²) in [5, 5.41) is 21.3. The maximum absolute atomic E-state index is 14.9. The van der Waals surface area contributed by atoms with Crippen molar-refractivity contribution in [2.45, 2.75) is 71.7 Å². The van der Waals surface area contributed by atoms with E-state index >= 15 is 0 Å². The van der Waals surface area contributed by atoms with Crippen LogP contribution in [0.4, 0.5) is 13.9 Å². The average Bonchev–Trinajstić information content (AvgIpc) is 3.98. The molecular formula is C41H49F2N7O7S2. The van der Waals surface area contributed by atoms with Crippen LogP contribution in [0.5, 0.6) is 5.75 Å². The number of carbonyl (C=O) groups is 4. The standard InChI is InChI=1S/C41H49F2N7O7S2/c1-24-36(59-23-46-24)26-9-7-25(8-10-26)19-45-38(54)31-18-27(51)20-50(31)39(55)37(41(2,3)4)48-32(52)6-5-13-44-33(53)21-57-35-28(11-12-29(42)34(35)43)30-22-58-40(47-30)49-14-16-56-17-15-49/h7-12,22-23,27,31,37,51H,5-6,13-21H2,1-4H3,(H,44,53)(H,45,54)(H,48,52)/t27-,31+,37-/m1/s1. The van der Waals surface area contributed by atoms with Crippen LogP contribution in [0.25, 0.3) is 21.7 Å². The highest BCUT2D eigenvalue weighted by Crippen LogP contribution is 2.36. The number of ether oxygens (including phenoxy) is 2. The van der Waals surface area contributed by atoms with Crippen molar-refractivity contribution >= 4 is 51.4 Å². The molecule has 3 atom stereocenters. The highest BCUT2D eigenvalue weighted by atomic mass is 32.1. The van der Waals surface area contributed by atoms with E-state index in [1.165, 1.54) is 22.3 Å². The molecule has 2 fully saturated rings. The molecule has 316 valence electrons. The SMILES string of the molecule is Cc1ncsc1-c1ccc(CNC(=O)[C@@H]2C[C@@H](O)CN2C(=O)[C@@H](NC(=O)CCCNC(=O)COc2c(-c3csc(N4CCOCC4)n3)ccc(F)c2F)C(C)(C)C)cc1. The molecule has 4 amide bonds. The molecule has 0 radical (unpaired) electrons. The molecule has 2 aliphatic rings. The van der Waals surface area contributed by atoms with Crippen molar-refractivity contribution in [3.05, 3.63) is 70.2 Å². The number of benzene rings is 2. The van der Waals surface area contributed by atoms with E-state index < -0.39 is 71.2 Å². The number of anilines is 1. The third kappa shape index (κ3) is 11.0. The Morgan fingerprint density at radius 1 is 1.03 bits per heavy atom. The van der Waals surface area contributed by atoms with Gasteiger partial charge in [0.1, 0.15) is 12.1 Å². The first-order valence-corrected chi connectivity index (χ1v) is 21.2. The van der Waals surface area contributed by atoms with Crippen LogP contribution in [0.1, 0.15) is 51.3 Å². The second kappa shape index (κ2) is 19.4. The third-order valence-electron chi connectivity index (χ3n) is 10.1. The summed E-state index contributed by atoms with van der Waals surface area (Å²) in [4.78, 5) is 66.5. The van der Waals surface area contributed by atoms with E-state index in [0.29, 0.717) is 37.1 Å². The molecule has 14 nitrogen and oxygen atoms in total. The summed E-state index contributed by atoms with van der Waals surface area (Å²) >= 11 is 2.91. The van der Waals surface area contributed by atoms with Crippen LogP contribution in [-0.2, 0) is 30.5 Å². The molecule has 4 N–H and O–H groups in total. The van der Waals surface area contributed by atoms with Crippen LogP contribution in [0.15, 0.2) is 47.3 Å². The molecule has 0 unspecified atom stereocenters. The number of thiazole rings is 2. The molecule has 4 aromatic rings. The van der Waals surface area contributed by atoms with Crippen molar-refractivity contribution in [2.75, 3.05) is 50.9 Å². The van der Waals surface area contributed by atoms with Gasteiger partial charge in [-0.1, -0.05) is 45.0 Å². The number of likely N-dealkylation sites (tertiary alicyclic amines) is 1. The predicted octanol–water partition coefficient (Wildman–Crippen LogP) is 4.44. The lowest BCUT2D eigenvalue weighted by molar-refractivity contribution is -0.144. The number of nitrogens with zero attached hydrogens (tertiary/aromatic N) is 4. The van der Waals surface area contributed by atoms with Gasteiger partial charge in [0.15, 0.2) is 23.3 Å². The summed E-state index contributed by atoms with van der Waals surface area (Å²) < 4.78 is 40.1. The Kier molecular flexibility index (Phi) is 14.3. The van der Waals surface area contributed by atoms with Gasteiger partial charge in [0, 0.05) is 56.5 Å². The zero-order valence-corrected chi connectivity index (χ0v) is 35.0. The van der Waals surface area contributed by atoms with Gasteiger partial charge in [0.25, 0.3) is 5.91 Å². The van der Waals surface area contributed by atoms with Gasteiger partial charge in [-0.15, -0.1) is 22.7 Å². The number of morpholine rings is 1. The first-order chi connectivity index (χ1) is 28.2. The fourth-order valence-electron chi connectivity index (χ4n) is 6.84. The normalized spacial score (nSPS) is 17.4. The summed E-state index contributed by atoms with van der Waals surface area (Å²) in [5.41, 5.74) is 4.46. The van der Waals surface area contributed by atoms with Gasteiger partial charge in [0.2, 0.25) is 23.5 Å². The van der Waals surface area contributed by atoms with Gasteiger partial charge >= 0.3 is 0 Å². The minimum absolute atomic E-state index is 0.0487. The van der Waals surface area contributed by atoms with Crippen LogP contribution >= 0.6 is 22.7 Å². The molecule has 4 heterocycles. The van der Waals surface area contributed by atoms with Gasteiger partial charge in [0.05, 0.1) is 41.1 Å². The van der Waals surface area contributed by atoms with Crippen LogP contribution in [-0.4, -0.2) is 108 Å². The van der Waals surface area contributed by atoms with Gasteiger partial charge in [-0.05, 0) is 42.0 Å². The number of nitrogens with one attached hydrogen (secondary N) is 3. The smallest absolute Gasteiger partial charge is 0.257 e. The number of aliphatic hydroxyl groups excluding tert-OH is 1. The molecule has 2 aromatic heterocycles. The molecule has 18 heteroatoms. The van der Waals surface area contributed by atoms with Crippen molar-refractivity contribution in [2.24, 2.45) is 5.41 Å². The van der Waals surface area contributed by atoms with E-state index in [2.05, 4.69) is 25.9 Å². The van der Waals surface area contributed by atoms with E-state index in [9.17, 15) is 33.1 Å². The number of hydrogen-bond acceptors (Lipinski definition) is 12. The summed E-state index contributed by atoms with van der Waals surface area (Å²) in [6.07, 6.45) is -0.704. The molecule has 2 aliphatic heterocycles. The second-order valence-electron chi connectivity index (χ2n) is 15.5. The monoisotopic (exact) mass is 853 g/mol. The topological polar surface area (TPSA) is 175 Å². The molecular weight excluding hydrogens is 805 g/mol. The van der Waals surface area contributed by atoms with E-state index in [0.717, 1.165) is 27.8 Å². The number of hydrogen-bond donors (Lipinski definition) is 4. The number of carbonyl (C=O) groups excluding carboxylic acids is 4. The van der Waals surface area contributed by atoms with Gasteiger partial charge in [-0.25, -0.2) is 14.4 Å². The van der Waals surface area contributed by atoms with Gasteiger partial charge < -0.3 is 40.3 Å². The largest absolute Gasteiger partial charge is 0.480 e. The summed E-state index contributed by atoms with van der Waals surface area (Å²) in [7, 11) is 0. The van der Waals surface area contributed by atoms with Gasteiger partial charge in [-0.2, -0.15) is 4.39 Å². The average molecular weight is 854 g/mol. The number of amides is 4.